The number of nitrogens with zero attached hydrogens (tertiary/aromatic N) is 4. The number of aromatic nitrogens is 4. The summed E-state index contributed by atoms with van der Waals surface area (Å²) in [6, 6.07) is 19.1. The van der Waals surface area contributed by atoms with Gasteiger partial charge in [-0.25, -0.2) is 14.6 Å². The van der Waals surface area contributed by atoms with E-state index in [0.29, 0.717) is 31.1 Å². The van der Waals surface area contributed by atoms with Crippen LogP contribution in [0, 0.1) is 0 Å². The quantitative estimate of drug-likeness (QED) is 0.421. The van der Waals surface area contributed by atoms with Gasteiger partial charge in [-0.15, -0.1) is 0 Å². The zero-order valence-corrected chi connectivity index (χ0v) is 17.7. The summed E-state index contributed by atoms with van der Waals surface area (Å²) in [5.41, 5.74) is 3.42. The van der Waals surface area contributed by atoms with E-state index in [1.54, 1.807) is 29.3 Å². The van der Waals surface area contributed by atoms with Gasteiger partial charge in [0.2, 0.25) is 0 Å². The van der Waals surface area contributed by atoms with Crippen molar-refractivity contribution in [3.05, 3.63) is 96.2 Å². The van der Waals surface area contributed by atoms with E-state index in [1.807, 2.05) is 55.5 Å². The predicted molar refractivity (Wildman–Crippen MR) is 122 cm³/mol. The molecule has 2 aromatic heterocycles. The molecular formula is C24H24N6O2. The summed E-state index contributed by atoms with van der Waals surface area (Å²) in [7, 11) is 0. The van der Waals surface area contributed by atoms with Crippen LogP contribution < -0.4 is 15.4 Å². The molecule has 0 unspecified atom stereocenters. The van der Waals surface area contributed by atoms with E-state index in [1.165, 1.54) is 6.33 Å². The molecule has 8 nitrogen and oxygen atoms in total. The summed E-state index contributed by atoms with van der Waals surface area (Å²) in [5.74, 6) is 1.10. The smallest absolute Gasteiger partial charge is 0.255 e. The highest BCUT2D eigenvalue weighted by Gasteiger charge is 2.12. The number of hydrogen-bond acceptors (Lipinski definition) is 6. The van der Waals surface area contributed by atoms with Gasteiger partial charge < -0.3 is 15.4 Å². The molecule has 0 radical (unpaired) electrons. The normalized spacial score (nSPS) is 10.5. The maximum absolute atomic E-state index is 12.8. The van der Waals surface area contributed by atoms with Gasteiger partial charge in [0.05, 0.1) is 18.7 Å². The Morgan fingerprint density at radius 1 is 1.03 bits per heavy atom. The molecule has 0 fully saturated rings. The minimum atomic E-state index is -0.196. The van der Waals surface area contributed by atoms with Crippen LogP contribution in [0.2, 0.25) is 0 Å². The van der Waals surface area contributed by atoms with Crippen LogP contribution in [-0.4, -0.2) is 32.3 Å². The Labute approximate surface area is 186 Å². The Kier molecular flexibility index (Phi) is 6.72. The fourth-order valence-electron chi connectivity index (χ4n) is 3.17. The van der Waals surface area contributed by atoms with E-state index < -0.39 is 0 Å². The Morgan fingerprint density at radius 2 is 1.81 bits per heavy atom. The molecule has 0 aliphatic heterocycles. The topological polar surface area (TPSA) is 94.0 Å². The van der Waals surface area contributed by atoms with Crippen LogP contribution >= 0.6 is 0 Å². The van der Waals surface area contributed by atoms with Crippen LogP contribution in [0.25, 0.3) is 0 Å². The molecule has 4 rings (SSSR count). The molecule has 0 saturated carbocycles. The number of nitrogens with one attached hydrogen (secondary N) is 2. The molecule has 2 N–H and O–H groups in total. The highest BCUT2D eigenvalue weighted by molar-refractivity contribution is 5.99. The maximum Gasteiger partial charge on any atom is 0.255 e. The molecule has 0 aliphatic rings. The van der Waals surface area contributed by atoms with Gasteiger partial charge in [-0.05, 0) is 54.4 Å². The fourth-order valence-corrected chi connectivity index (χ4v) is 3.17. The minimum Gasteiger partial charge on any atom is -0.494 e. The van der Waals surface area contributed by atoms with Gasteiger partial charge >= 0.3 is 0 Å². The van der Waals surface area contributed by atoms with E-state index in [9.17, 15) is 4.79 Å². The molecule has 1 amide bonds. The zero-order chi connectivity index (χ0) is 22.2. The largest absolute Gasteiger partial charge is 0.494 e. The summed E-state index contributed by atoms with van der Waals surface area (Å²) >= 11 is 0. The van der Waals surface area contributed by atoms with E-state index in [4.69, 9.17) is 4.74 Å². The van der Waals surface area contributed by atoms with Gasteiger partial charge in [-0.2, -0.15) is 5.10 Å². The van der Waals surface area contributed by atoms with E-state index >= 15 is 0 Å². The highest BCUT2D eigenvalue weighted by atomic mass is 16.5. The Morgan fingerprint density at radius 3 is 2.53 bits per heavy atom. The van der Waals surface area contributed by atoms with Crippen molar-refractivity contribution in [2.45, 2.75) is 20.0 Å². The third kappa shape index (κ3) is 5.48. The van der Waals surface area contributed by atoms with Crippen LogP contribution in [0.1, 0.15) is 28.4 Å². The maximum atomic E-state index is 12.8. The average molecular weight is 428 g/mol. The first kappa shape index (κ1) is 21.0. The van der Waals surface area contributed by atoms with Gasteiger partial charge in [0.1, 0.15) is 24.2 Å². The van der Waals surface area contributed by atoms with Crippen molar-refractivity contribution in [2.24, 2.45) is 0 Å². The summed E-state index contributed by atoms with van der Waals surface area (Å²) in [6.07, 6.45) is 4.85. The Bertz CT molecular complexity index is 1140. The number of pyridine rings is 1. The number of carbonyl (C=O) groups excluding carboxylic acids is 1. The Balaban J connectivity index is 1.37. The third-order valence-corrected chi connectivity index (χ3v) is 4.77. The molecule has 0 saturated heterocycles. The van der Waals surface area contributed by atoms with Crippen molar-refractivity contribution in [3.8, 4) is 5.75 Å². The number of ether oxygens (including phenoxy) is 1. The number of carbonyl (C=O) groups is 1. The lowest BCUT2D eigenvalue weighted by Gasteiger charge is -2.12. The number of amides is 1. The second-order valence-corrected chi connectivity index (χ2v) is 7.07. The first-order valence-electron chi connectivity index (χ1n) is 10.3. The van der Waals surface area contributed by atoms with Crippen molar-refractivity contribution in [3.63, 3.8) is 0 Å². The lowest BCUT2D eigenvalue weighted by Crippen LogP contribution is -2.24. The number of anilines is 2. The van der Waals surface area contributed by atoms with Crippen LogP contribution in [-0.2, 0) is 13.1 Å². The van der Waals surface area contributed by atoms with E-state index in [-0.39, 0.29) is 5.91 Å². The predicted octanol–water partition coefficient (Wildman–Crippen LogP) is 3.79. The molecule has 0 bridgehead atoms. The number of benzene rings is 2. The summed E-state index contributed by atoms with van der Waals surface area (Å²) in [6.45, 7) is 3.63. The SMILES string of the molecule is CCOc1ccc(Nc2ncccc2C(=O)NCc2ccc(Cn3cncn3)cc2)cc1. The molecule has 8 heteroatoms. The van der Waals surface area contributed by atoms with Crippen molar-refractivity contribution in [1.29, 1.82) is 0 Å². The second kappa shape index (κ2) is 10.2. The lowest BCUT2D eigenvalue weighted by molar-refractivity contribution is 0.0951. The van der Waals surface area contributed by atoms with Gasteiger partial charge in [0, 0.05) is 18.4 Å². The molecular weight excluding hydrogens is 404 g/mol. The van der Waals surface area contributed by atoms with Crippen molar-refractivity contribution in [1.82, 2.24) is 25.1 Å². The summed E-state index contributed by atoms with van der Waals surface area (Å²) in [5, 5.41) is 10.3. The minimum absolute atomic E-state index is 0.196. The molecule has 2 heterocycles. The Hall–Kier alpha value is -4.20. The third-order valence-electron chi connectivity index (χ3n) is 4.77. The molecule has 0 aliphatic carbocycles. The molecule has 0 spiro atoms. The molecule has 0 atom stereocenters. The van der Waals surface area contributed by atoms with Gasteiger partial charge in [-0.3, -0.25) is 4.79 Å². The molecule has 162 valence electrons. The van der Waals surface area contributed by atoms with Crippen LogP contribution in [0.4, 0.5) is 11.5 Å². The van der Waals surface area contributed by atoms with Crippen LogP contribution in [0.5, 0.6) is 5.75 Å². The first-order valence-corrected chi connectivity index (χ1v) is 10.3. The van der Waals surface area contributed by atoms with Crippen molar-refractivity contribution < 1.29 is 9.53 Å². The van der Waals surface area contributed by atoms with Crippen LogP contribution in [0.3, 0.4) is 0 Å². The van der Waals surface area contributed by atoms with Crippen molar-refractivity contribution in [2.75, 3.05) is 11.9 Å². The zero-order valence-electron chi connectivity index (χ0n) is 17.7. The number of rotatable bonds is 9. The average Bonchev–Trinajstić information content (AvgIpc) is 3.33. The summed E-state index contributed by atoms with van der Waals surface area (Å²) in [4.78, 5) is 21.1. The fraction of sp³-hybridized carbons (Fsp3) is 0.167. The highest BCUT2D eigenvalue weighted by Crippen LogP contribution is 2.21. The van der Waals surface area contributed by atoms with Gasteiger partial charge in [-0.1, -0.05) is 24.3 Å². The molecule has 2 aromatic carbocycles. The van der Waals surface area contributed by atoms with Gasteiger partial charge in [0.25, 0.3) is 5.91 Å². The molecule has 4 aromatic rings. The number of hydrogen-bond donors (Lipinski definition) is 2. The monoisotopic (exact) mass is 428 g/mol. The van der Waals surface area contributed by atoms with E-state index in [2.05, 4.69) is 25.7 Å². The van der Waals surface area contributed by atoms with Crippen LogP contribution in [0.15, 0.2) is 79.5 Å². The van der Waals surface area contributed by atoms with Crippen molar-refractivity contribution >= 4 is 17.4 Å². The first-order chi connectivity index (χ1) is 15.7. The summed E-state index contributed by atoms with van der Waals surface area (Å²) < 4.78 is 7.23. The lowest BCUT2D eigenvalue weighted by atomic mass is 10.1. The second-order valence-electron chi connectivity index (χ2n) is 7.07. The molecule has 32 heavy (non-hydrogen) atoms. The standard InChI is InChI=1S/C24H24N6O2/c1-2-32-21-11-9-20(10-12-21)29-23-22(4-3-13-26-23)24(31)27-14-18-5-7-19(8-6-18)15-30-17-25-16-28-30/h3-13,16-17H,2,14-15H2,1H3,(H,26,29)(H,27,31). The van der Waals surface area contributed by atoms with E-state index in [0.717, 1.165) is 22.6 Å². The van der Waals surface area contributed by atoms with Gasteiger partial charge in [0.15, 0.2) is 0 Å².